The highest BCUT2D eigenvalue weighted by atomic mass is 32.2. The highest BCUT2D eigenvalue weighted by molar-refractivity contribution is 7.85. The van der Waals surface area contributed by atoms with E-state index in [1.54, 1.807) is 12.1 Å². The van der Waals surface area contributed by atoms with Crippen molar-refractivity contribution >= 4 is 10.8 Å². The summed E-state index contributed by atoms with van der Waals surface area (Å²) in [6.07, 6.45) is 2.01. The first kappa shape index (κ1) is 11.6. The van der Waals surface area contributed by atoms with Crippen molar-refractivity contribution in [3.63, 3.8) is 0 Å². The van der Waals surface area contributed by atoms with Crippen LogP contribution in [0.15, 0.2) is 24.3 Å². The first-order valence-corrected chi connectivity index (χ1v) is 7.09. The van der Waals surface area contributed by atoms with Crippen molar-refractivity contribution in [3.8, 4) is 5.75 Å². The van der Waals surface area contributed by atoms with Gasteiger partial charge in [0.05, 0.1) is 0 Å². The van der Waals surface area contributed by atoms with Gasteiger partial charge in [-0.05, 0) is 30.5 Å². The zero-order valence-corrected chi connectivity index (χ0v) is 10.0. The smallest absolute Gasteiger partial charge is 0.115 e. The molecule has 1 saturated heterocycles. The molecule has 1 heterocycles. The molecule has 0 unspecified atom stereocenters. The van der Waals surface area contributed by atoms with Gasteiger partial charge in [-0.1, -0.05) is 12.1 Å². The topological polar surface area (TPSA) is 49.3 Å². The Labute approximate surface area is 98.3 Å². The van der Waals surface area contributed by atoms with Crippen LogP contribution in [0.5, 0.6) is 5.75 Å². The molecule has 16 heavy (non-hydrogen) atoms. The fourth-order valence-corrected chi connectivity index (χ4v) is 3.17. The molecule has 0 saturated carbocycles. The van der Waals surface area contributed by atoms with Crippen LogP contribution in [-0.2, 0) is 17.3 Å². The Morgan fingerprint density at radius 3 is 2.50 bits per heavy atom. The Morgan fingerprint density at radius 2 is 1.88 bits per heavy atom. The lowest BCUT2D eigenvalue weighted by atomic mass is 10.1. The molecule has 0 bridgehead atoms. The van der Waals surface area contributed by atoms with Crippen LogP contribution in [0.2, 0.25) is 0 Å². The maximum Gasteiger partial charge on any atom is 0.115 e. The molecule has 88 valence electrons. The van der Waals surface area contributed by atoms with E-state index >= 15 is 0 Å². The molecule has 4 heteroatoms. The van der Waals surface area contributed by atoms with E-state index in [1.807, 2.05) is 12.1 Å². The van der Waals surface area contributed by atoms with E-state index in [0.29, 0.717) is 11.8 Å². The van der Waals surface area contributed by atoms with E-state index < -0.39 is 10.8 Å². The molecule has 2 N–H and O–H groups in total. The van der Waals surface area contributed by atoms with Crippen LogP contribution in [0.3, 0.4) is 0 Å². The Balaban J connectivity index is 1.79. The number of rotatable bonds is 3. The Kier molecular flexibility index (Phi) is 3.96. The van der Waals surface area contributed by atoms with Crippen LogP contribution < -0.4 is 5.32 Å². The summed E-state index contributed by atoms with van der Waals surface area (Å²) in [6.45, 7) is 0.817. The molecule has 3 nitrogen and oxygen atoms in total. The van der Waals surface area contributed by atoms with Gasteiger partial charge in [-0.3, -0.25) is 4.21 Å². The minimum atomic E-state index is -0.585. The SMILES string of the molecule is O=S1CCC(NCc2ccc(O)cc2)CC1. The van der Waals surface area contributed by atoms with Gasteiger partial charge in [0.25, 0.3) is 0 Å². The number of nitrogens with one attached hydrogen (secondary N) is 1. The van der Waals surface area contributed by atoms with Crippen molar-refractivity contribution in [2.24, 2.45) is 0 Å². The van der Waals surface area contributed by atoms with Crippen LogP contribution >= 0.6 is 0 Å². The van der Waals surface area contributed by atoms with E-state index in [2.05, 4.69) is 5.32 Å². The van der Waals surface area contributed by atoms with Crippen molar-refractivity contribution in [3.05, 3.63) is 29.8 Å². The molecule has 0 amide bonds. The van der Waals surface area contributed by atoms with Crippen LogP contribution in [-0.4, -0.2) is 26.9 Å². The van der Waals surface area contributed by atoms with Gasteiger partial charge in [-0.25, -0.2) is 0 Å². The lowest BCUT2D eigenvalue weighted by Gasteiger charge is -2.22. The molecule has 0 aromatic heterocycles. The van der Waals surface area contributed by atoms with E-state index in [4.69, 9.17) is 5.11 Å². The van der Waals surface area contributed by atoms with E-state index in [-0.39, 0.29) is 0 Å². The molecule has 1 aliphatic heterocycles. The molecule has 0 aliphatic carbocycles. The third-order valence-corrected chi connectivity index (χ3v) is 4.30. The zero-order chi connectivity index (χ0) is 11.4. The molecule has 0 spiro atoms. The number of phenolic OH excluding ortho intramolecular Hbond substituents is 1. The van der Waals surface area contributed by atoms with Gasteiger partial charge >= 0.3 is 0 Å². The molecular formula is C12H17NO2S. The third kappa shape index (κ3) is 3.32. The van der Waals surface area contributed by atoms with Crippen molar-refractivity contribution in [2.45, 2.75) is 25.4 Å². The molecule has 1 fully saturated rings. The van der Waals surface area contributed by atoms with Gasteiger partial charge in [-0.2, -0.15) is 0 Å². The zero-order valence-electron chi connectivity index (χ0n) is 9.19. The average Bonchev–Trinajstić information content (AvgIpc) is 2.30. The van der Waals surface area contributed by atoms with Gasteiger partial charge < -0.3 is 10.4 Å². The first-order valence-electron chi connectivity index (χ1n) is 5.60. The van der Waals surface area contributed by atoms with Gasteiger partial charge in [0, 0.05) is 34.9 Å². The average molecular weight is 239 g/mol. The van der Waals surface area contributed by atoms with E-state index in [1.165, 1.54) is 5.56 Å². The monoisotopic (exact) mass is 239 g/mol. The van der Waals surface area contributed by atoms with E-state index in [0.717, 1.165) is 30.9 Å². The number of hydrogen-bond donors (Lipinski definition) is 2. The minimum absolute atomic E-state index is 0.303. The lowest BCUT2D eigenvalue weighted by Crippen LogP contribution is -2.35. The van der Waals surface area contributed by atoms with Crippen molar-refractivity contribution in [1.29, 1.82) is 0 Å². The standard InChI is InChI=1S/C12H17NO2S/c14-12-3-1-10(2-4-12)9-13-11-5-7-16(15)8-6-11/h1-4,11,13-14H,5-9H2. The number of hydrogen-bond acceptors (Lipinski definition) is 3. The summed E-state index contributed by atoms with van der Waals surface area (Å²) in [4.78, 5) is 0. The Morgan fingerprint density at radius 1 is 1.25 bits per heavy atom. The minimum Gasteiger partial charge on any atom is -0.508 e. The van der Waals surface area contributed by atoms with Gasteiger partial charge in [-0.15, -0.1) is 0 Å². The largest absolute Gasteiger partial charge is 0.508 e. The molecule has 1 aromatic carbocycles. The third-order valence-electron chi connectivity index (χ3n) is 2.92. The van der Waals surface area contributed by atoms with Crippen LogP contribution in [0, 0.1) is 0 Å². The van der Waals surface area contributed by atoms with Gasteiger partial charge in [0.2, 0.25) is 0 Å². The predicted molar refractivity (Wildman–Crippen MR) is 65.8 cm³/mol. The van der Waals surface area contributed by atoms with Crippen LogP contribution in [0.4, 0.5) is 0 Å². The molecule has 0 radical (unpaired) electrons. The van der Waals surface area contributed by atoms with Crippen molar-refractivity contribution < 1.29 is 9.32 Å². The highest BCUT2D eigenvalue weighted by Gasteiger charge is 2.16. The second-order valence-corrected chi connectivity index (χ2v) is 5.87. The molecule has 1 aromatic rings. The summed E-state index contributed by atoms with van der Waals surface area (Å²) in [5, 5.41) is 12.6. The predicted octanol–water partition coefficient (Wildman–Crippen LogP) is 1.39. The van der Waals surface area contributed by atoms with Crippen LogP contribution in [0.1, 0.15) is 18.4 Å². The summed E-state index contributed by atoms with van der Waals surface area (Å²) < 4.78 is 11.2. The molecule has 0 atom stereocenters. The lowest BCUT2D eigenvalue weighted by molar-refractivity contribution is 0.469. The maximum atomic E-state index is 11.2. The highest BCUT2D eigenvalue weighted by Crippen LogP contribution is 2.12. The quantitative estimate of drug-likeness (QED) is 0.838. The second-order valence-electron chi connectivity index (χ2n) is 4.17. The number of aromatic hydroxyl groups is 1. The Bertz CT molecular complexity index is 354. The fraction of sp³-hybridized carbons (Fsp3) is 0.500. The van der Waals surface area contributed by atoms with Gasteiger partial charge in [0.15, 0.2) is 0 Å². The summed E-state index contributed by atoms with van der Waals surface area (Å²) in [6, 6.07) is 7.73. The first-order chi connectivity index (χ1) is 7.74. The summed E-state index contributed by atoms with van der Waals surface area (Å²) in [5.41, 5.74) is 1.17. The maximum absolute atomic E-state index is 11.2. The van der Waals surface area contributed by atoms with Crippen molar-refractivity contribution in [2.75, 3.05) is 11.5 Å². The van der Waals surface area contributed by atoms with Gasteiger partial charge in [0.1, 0.15) is 5.75 Å². The second kappa shape index (κ2) is 5.46. The Hall–Kier alpha value is -0.870. The van der Waals surface area contributed by atoms with E-state index in [9.17, 15) is 4.21 Å². The van der Waals surface area contributed by atoms with Crippen LogP contribution in [0.25, 0.3) is 0 Å². The molecule has 2 rings (SSSR count). The summed E-state index contributed by atoms with van der Waals surface area (Å²) >= 11 is 0. The summed E-state index contributed by atoms with van der Waals surface area (Å²) in [7, 11) is -0.585. The summed E-state index contributed by atoms with van der Waals surface area (Å²) in [5.74, 6) is 1.96. The molecular weight excluding hydrogens is 222 g/mol. The molecule has 1 aliphatic rings. The fourth-order valence-electron chi connectivity index (χ4n) is 1.87. The number of phenols is 1. The van der Waals surface area contributed by atoms with Crippen molar-refractivity contribution in [1.82, 2.24) is 5.32 Å². The number of benzene rings is 1. The normalized spacial score (nSPS) is 25.5.